The monoisotopic (exact) mass is 541 g/mol. The number of oxazole rings is 1. The second-order valence-electron chi connectivity index (χ2n) is 8.36. The van der Waals surface area contributed by atoms with Crippen LogP contribution in [-0.2, 0) is 30.7 Å². The standard InChI is InChI=1S/C26H27N3O8S/c1-17-18(2)28-37-26(17)29(16-35-13-12-34-3)38(32,33)23-7-5-4-6-22(23)21-9-8-19(25-27-10-11-36-25)14-20(21)15-24(30)31/h4-11,14H,12-13,15-16H2,1-3H3,(H,30,31). The number of carboxylic acids is 1. The second-order valence-corrected chi connectivity index (χ2v) is 10.2. The molecule has 0 amide bonds. The molecule has 11 nitrogen and oxygen atoms in total. The number of sulfonamides is 1. The van der Waals surface area contributed by atoms with Gasteiger partial charge in [-0.15, -0.1) is 0 Å². The minimum atomic E-state index is -4.27. The average molecular weight is 542 g/mol. The molecule has 0 saturated carbocycles. The van der Waals surface area contributed by atoms with E-state index in [-0.39, 0.29) is 37.1 Å². The number of aromatic nitrogens is 2. The molecule has 0 bridgehead atoms. The lowest BCUT2D eigenvalue weighted by atomic mass is 9.95. The Morgan fingerprint density at radius 2 is 1.89 bits per heavy atom. The summed E-state index contributed by atoms with van der Waals surface area (Å²) in [6.07, 6.45) is 2.56. The molecule has 38 heavy (non-hydrogen) atoms. The Balaban J connectivity index is 1.84. The number of benzene rings is 2. The van der Waals surface area contributed by atoms with E-state index in [9.17, 15) is 18.3 Å². The molecule has 0 saturated heterocycles. The lowest BCUT2D eigenvalue weighted by Crippen LogP contribution is -2.34. The van der Waals surface area contributed by atoms with E-state index in [1.807, 2.05) is 0 Å². The molecule has 0 atom stereocenters. The molecule has 0 aliphatic carbocycles. The van der Waals surface area contributed by atoms with Gasteiger partial charge in [-0.2, -0.15) is 0 Å². The van der Waals surface area contributed by atoms with Crippen LogP contribution >= 0.6 is 0 Å². The van der Waals surface area contributed by atoms with Crippen molar-refractivity contribution in [3.63, 3.8) is 0 Å². The summed E-state index contributed by atoms with van der Waals surface area (Å²) in [5, 5.41) is 13.5. The summed E-state index contributed by atoms with van der Waals surface area (Å²) in [7, 11) is -2.76. The lowest BCUT2D eigenvalue weighted by Gasteiger charge is -2.24. The van der Waals surface area contributed by atoms with Gasteiger partial charge in [-0.25, -0.2) is 17.7 Å². The molecule has 1 N–H and O–H groups in total. The zero-order valence-electron chi connectivity index (χ0n) is 21.1. The number of carbonyl (C=O) groups is 1. The molecule has 2 heterocycles. The number of nitrogens with zero attached hydrogens (tertiary/aromatic N) is 3. The van der Waals surface area contributed by atoms with Crippen molar-refractivity contribution in [3.8, 4) is 22.6 Å². The van der Waals surface area contributed by atoms with Gasteiger partial charge in [-0.05, 0) is 43.2 Å². The van der Waals surface area contributed by atoms with Crippen LogP contribution in [0.4, 0.5) is 5.88 Å². The van der Waals surface area contributed by atoms with Crippen molar-refractivity contribution in [3.05, 3.63) is 71.7 Å². The average Bonchev–Trinajstić information content (AvgIpc) is 3.54. The van der Waals surface area contributed by atoms with Gasteiger partial charge >= 0.3 is 5.97 Å². The molecule has 0 spiro atoms. The molecule has 2 aromatic heterocycles. The molecule has 0 fully saturated rings. The number of anilines is 1. The Kier molecular flexibility index (Phi) is 8.25. The Labute approximate surface area is 219 Å². The maximum atomic E-state index is 14.1. The Hall–Kier alpha value is -4.00. The van der Waals surface area contributed by atoms with E-state index in [0.717, 1.165) is 4.31 Å². The zero-order chi connectivity index (χ0) is 27.3. The first-order valence-electron chi connectivity index (χ1n) is 11.6. The number of aliphatic carboxylic acids is 1. The van der Waals surface area contributed by atoms with E-state index >= 15 is 0 Å². The van der Waals surface area contributed by atoms with Crippen molar-refractivity contribution in [1.29, 1.82) is 0 Å². The van der Waals surface area contributed by atoms with Crippen LogP contribution < -0.4 is 4.31 Å². The summed E-state index contributed by atoms with van der Waals surface area (Å²) in [6, 6.07) is 11.4. The van der Waals surface area contributed by atoms with Crippen LogP contribution in [0, 0.1) is 13.8 Å². The molecule has 0 unspecified atom stereocenters. The number of carboxylic acid groups (broad SMARTS) is 1. The number of methoxy groups -OCH3 is 1. The Bertz CT molecular complexity index is 1510. The van der Waals surface area contributed by atoms with Crippen LogP contribution in [0.15, 0.2) is 68.8 Å². The normalized spacial score (nSPS) is 11.6. The molecular formula is C26H27N3O8S. The number of ether oxygens (including phenoxy) is 2. The number of aryl methyl sites for hydroxylation is 1. The van der Waals surface area contributed by atoms with Crippen molar-refractivity contribution >= 4 is 21.9 Å². The summed E-state index contributed by atoms with van der Waals surface area (Å²) in [5.41, 5.74) is 2.80. The Morgan fingerprint density at radius 3 is 2.55 bits per heavy atom. The molecule has 0 radical (unpaired) electrons. The van der Waals surface area contributed by atoms with Gasteiger partial charge < -0.3 is 23.5 Å². The minimum Gasteiger partial charge on any atom is -0.481 e. The first kappa shape index (κ1) is 27.0. The minimum absolute atomic E-state index is 0.0275. The molecule has 200 valence electrons. The van der Waals surface area contributed by atoms with E-state index in [2.05, 4.69) is 10.1 Å². The van der Waals surface area contributed by atoms with Gasteiger partial charge in [0.05, 0.1) is 36.4 Å². The maximum Gasteiger partial charge on any atom is 0.307 e. The van der Waals surface area contributed by atoms with Gasteiger partial charge in [0.15, 0.2) is 0 Å². The van der Waals surface area contributed by atoms with Crippen LogP contribution in [0.3, 0.4) is 0 Å². The van der Waals surface area contributed by atoms with E-state index in [1.54, 1.807) is 50.2 Å². The lowest BCUT2D eigenvalue weighted by molar-refractivity contribution is -0.136. The largest absolute Gasteiger partial charge is 0.481 e. The molecule has 2 aromatic carbocycles. The van der Waals surface area contributed by atoms with Crippen LogP contribution in [-0.4, -0.2) is 56.7 Å². The summed E-state index contributed by atoms with van der Waals surface area (Å²) in [5.74, 6) is -0.726. The number of hydrogen-bond donors (Lipinski definition) is 1. The van der Waals surface area contributed by atoms with Crippen molar-refractivity contribution in [1.82, 2.24) is 10.1 Å². The smallest absolute Gasteiger partial charge is 0.307 e. The third kappa shape index (κ3) is 5.62. The summed E-state index contributed by atoms with van der Waals surface area (Å²) in [4.78, 5) is 15.8. The third-order valence-corrected chi connectivity index (χ3v) is 7.63. The van der Waals surface area contributed by atoms with Gasteiger partial charge in [-0.3, -0.25) is 4.79 Å². The third-order valence-electron chi connectivity index (χ3n) is 5.87. The van der Waals surface area contributed by atoms with E-state index in [1.165, 1.54) is 25.6 Å². The zero-order valence-corrected chi connectivity index (χ0v) is 21.9. The van der Waals surface area contributed by atoms with Gasteiger partial charge in [0.1, 0.15) is 13.0 Å². The fourth-order valence-corrected chi connectivity index (χ4v) is 5.41. The second kappa shape index (κ2) is 11.6. The molecular weight excluding hydrogens is 514 g/mol. The summed E-state index contributed by atoms with van der Waals surface area (Å²) < 4.78 is 50.6. The van der Waals surface area contributed by atoms with Gasteiger partial charge in [0, 0.05) is 23.8 Å². The first-order chi connectivity index (χ1) is 18.2. The highest BCUT2D eigenvalue weighted by Crippen LogP contribution is 2.36. The van der Waals surface area contributed by atoms with Crippen LogP contribution in [0.5, 0.6) is 0 Å². The highest BCUT2D eigenvalue weighted by Gasteiger charge is 2.33. The van der Waals surface area contributed by atoms with Gasteiger partial charge in [0.2, 0.25) is 11.8 Å². The van der Waals surface area contributed by atoms with Crippen LogP contribution in [0.2, 0.25) is 0 Å². The first-order valence-corrected chi connectivity index (χ1v) is 13.0. The van der Waals surface area contributed by atoms with E-state index in [4.69, 9.17) is 18.4 Å². The highest BCUT2D eigenvalue weighted by atomic mass is 32.2. The highest BCUT2D eigenvalue weighted by molar-refractivity contribution is 7.93. The number of rotatable bonds is 12. The quantitative estimate of drug-likeness (QED) is 0.206. The van der Waals surface area contributed by atoms with E-state index in [0.29, 0.717) is 39.4 Å². The molecule has 0 aliphatic heterocycles. The predicted octanol–water partition coefficient (Wildman–Crippen LogP) is 4.06. The van der Waals surface area contributed by atoms with Crippen LogP contribution in [0.1, 0.15) is 16.8 Å². The number of hydrogen-bond acceptors (Lipinski definition) is 9. The van der Waals surface area contributed by atoms with Gasteiger partial charge in [-0.1, -0.05) is 29.4 Å². The fraction of sp³-hybridized carbons (Fsp3) is 0.269. The van der Waals surface area contributed by atoms with Crippen molar-refractivity contribution < 1.29 is 36.7 Å². The molecule has 4 aromatic rings. The Morgan fingerprint density at radius 1 is 1.11 bits per heavy atom. The van der Waals surface area contributed by atoms with E-state index < -0.39 is 16.0 Å². The topological polar surface area (TPSA) is 145 Å². The fourth-order valence-electron chi connectivity index (χ4n) is 3.86. The maximum absolute atomic E-state index is 14.1. The van der Waals surface area contributed by atoms with Crippen molar-refractivity contribution in [2.45, 2.75) is 25.2 Å². The van der Waals surface area contributed by atoms with Crippen molar-refractivity contribution in [2.24, 2.45) is 0 Å². The molecule has 0 aliphatic rings. The summed E-state index contributed by atoms with van der Waals surface area (Å²) >= 11 is 0. The molecule has 12 heteroatoms. The van der Waals surface area contributed by atoms with Crippen molar-refractivity contribution in [2.75, 3.05) is 31.4 Å². The summed E-state index contributed by atoms with van der Waals surface area (Å²) in [6.45, 7) is 3.49. The van der Waals surface area contributed by atoms with Gasteiger partial charge in [0.25, 0.3) is 10.0 Å². The predicted molar refractivity (Wildman–Crippen MR) is 137 cm³/mol. The van der Waals surface area contributed by atoms with Crippen LogP contribution in [0.25, 0.3) is 22.6 Å². The SMILES string of the molecule is COCCOCN(c1onc(C)c1C)S(=O)(=O)c1ccccc1-c1ccc(-c2ncco2)cc1CC(=O)O. The molecule has 4 rings (SSSR count).